The number of aromatic hydroxyl groups is 2. The van der Waals surface area contributed by atoms with Crippen molar-refractivity contribution in [2.75, 3.05) is 71.1 Å². The molecule has 334 valence electrons. The molecule has 1 heterocycles. The van der Waals surface area contributed by atoms with E-state index in [9.17, 15) is 14.8 Å². The molecule has 0 saturated carbocycles. The molecule has 1 aliphatic heterocycles. The zero-order chi connectivity index (χ0) is 44.1. The number of nitrogens with zero attached hydrogens (tertiary/aromatic N) is 4. The van der Waals surface area contributed by atoms with Gasteiger partial charge in [-0.2, -0.15) is 0 Å². The quantitative estimate of drug-likeness (QED) is 0.0484. The van der Waals surface area contributed by atoms with Crippen LogP contribution < -0.4 is 35.6 Å². The van der Waals surface area contributed by atoms with Crippen molar-refractivity contribution in [3.05, 3.63) is 144 Å². The van der Waals surface area contributed by atoms with Gasteiger partial charge in [0.15, 0.2) is 0 Å². The van der Waals surface area contributed by atoms with Gasteiger partial charge in [-0.3, -0.25) is 4.79 Å². The first kappa shape index (κ1) is 54.4. The van der Waals surface area contributed by atoms with Crippen molar-refractivity contribution in [3.63, 3.8) is 0 Å². The summed E-state index contributed by atoms with van der Waals surface area (Å²) in [6, 6.07) is 40.1. The van der Waals surface area contributed by atoms with Crippen molar-refractivity contribution in [1.82, 2.24) is 4.58 Å². The van der Waals surface area contributed by atoms with Crippen LogP contribution in [0.5, 0.6) is 11.5 Å². The molecular formula is C49H65B2N4O8+. The second kappa shape index (κ2) is 25.4. The van der Waals surface area contributed by atoms with Crippen LogP contribution in [0, 0.1) is 0 Å². The number of hydrogen-bond donors (Lipinski definition) is 6. The van der Waals surface area contributed by atoms with Crippen LogP contribution in [0.3, 0.4) is 0 Å². The van der Waals surface area contributed by atoms with Gasteiger partial charge in [0.1, 0.15) is 43.2 Å². The van der Waals surface area contributed by atoms with Gasteiger partial charge in [0.25, 0.3) is 0 Å². The normalized spacial score (nSPS) is 9.71. The molecule has 0 saturated heterocycles. The van der Waals surface area contributed by atoms with Crippen LogP contribution in [0.25, 0.3) is 33.4 Å². The number of carbonyl (C=O) groups is 1. The summed E-state index contributed by atoms with van der Waals surface area (Å²) in [7, 11) is 12.8. The second-order valence-corrected chi connectivity index (χ2v) is 14.6. The van der Waals surface area contributed by atoms with Gasteiger partial charge in [-0.1, -0.05) is 82.9 Å². The topological polar surface area (TPSA) is 164 Å². The number of hydrogen-bond acceptors (Lipinski definition) is 11. The molecule has 12 nitrogen and oxygen atoms in total. The van der Waals surface area contributed by atoms with Crippen LogP contribution >= 0.6 is 0 Å². The summed E-state index contributed by atoms with van der Waals surface area (Å²) < 4.78 is 8.37. The fourth-order valence-electron chi connectivity index (χ4n) is 5.85. The van der Waals surface area contributed by atoms with Gasteiger partial charge >= 0.3 is 14.2 Å². The standard InChI is InChI=1S/C23H24BN2O3.2C8H11NO.C7H7BO3.3CH4/c1-25(2)17-9-11-19-21(13-17)29-22-14-18(26(3)4)10-12-20(22)23(19)15-5-7-16(8-6-15)24(27)28;2*1-9(2)7-4-3-5-8(10)6-7;9-5-6-1-3-7(4-2-6)8(10)11;;;/h5-14,27-28H,1-4H3;2*3-6,10H,1-2H3;1-5,10-11H;3*1H4/q+1;;;;;;. The third kappa shape index (κ3) is 15.4. The van der Waals surface area contributed by atoms with Crippen molar-refractivity contribution in [1.29, 1.82) is 0 Å². The molecule has 7 rings (SSSR count). The number of anilines is 3. The largest absolute Gasteiger partial charge is 0.508 e. The van der Waals surface area contributed by atoms with E-state index in [2.05, 4.69) is 24.3 Å². The maximum Gasteiger partial charge on any atom is 0.488 e. The van der Waals surface area contributed by atoms with Gasteiger partial charge < -0.3 is 49.4 Å². The van der Waals surface area contributed by atoms with E-state index in [1.165, 1.54) is 24.3 Å². The zero-order valence-electron chi connectivity index (χ0n) is 35.2. The highest BCUT2D eigenvalue weighted by Crippen LogP contribution is 2.40. The van der Waals surface area contributed by atoms with E-state index < -0.39 is 14.2 Å². The Morgan fingerprint density at radius 1 is 0.556 bits per heavy atom. The molecule has 0 aromatic heterocycles. The minimum absolute atomic E-state index is 0. The molecule has 0 radical (unpaired) electrons. The lowest BCUT2D eigenvalue weighted by atomic mass is 9.79. The molecule has 5 aromatic carbocycles. The fraction of sp³-hybridized carbons (Fsp3) is 0.224. The maximum absolute atomic E-state index is 10.2. The van der Waals surface area contributed by atoms with Crippen molar-refractivity contribution in [2.45, 2.75) is 22.3 Å². The molecule has 6 N–H and O–H groups in total. The fourth-order valence-corrected chi connectivity index (χ4v) is 5.85. The lowest BCUT2D eigenvalue weighted by Crippen LogP contribution is -2.29. The lowest BCUT2D eigenvalue weighted by molar-refractivity contribution is 0.112. The molecule has 1 aliphatic carbocycles. The summed E-state index contributed by atoms with van der Waals surface area (Å²) in [5.41, 5.74) is 8.34. The average Bonchev–Trinajstić information content (AvgIpc) is 3.23. The second-order valence-electron chi connectivity index (χ2n) is 14.6. The lowest BCUT2D eigenvalue weighted by Gasteiger charge is -2.18. The summed E-state index contributed by atoms with van der Waals surface area (Å²) in [5.74, 6) is 1.43. The van der Waals surface area contributed by atoms with Gasteiger partial charge in [0.2, 0.25) is 5.36 Å². The van der Waals surface area contributed by atoms with E-state index in [1.54, 1.807) is 36.4 Å². The van der Waals surface area contributed by atoms with Crippen LogP contribution in [0.4, 0.5) is 17.1 Å². The van der Waals surface area contributed by atoms with Crippen molar-refractivity contribution < 1.29 is 39.5 Å². The Bertz CT molecular complexity index is 2450. The van der Waals surface area contributed by atoms with Crippen LogP contribution in [0.15, 0.2) is 138 Å². The molecule has 0 unspecified atom stereocenters. The molecule has 0 bridgehead atoms. The highest BCUT2D eigenvalue weighted by atomic mass is 16.4. The van der Waals surface area contributed by atoms with Gasteiger partial charge in [-0.15, -0.1) is 0 Å². The third-order valence-electron chi connectivity index (χ3n) is 9.28. The first-order chi connectivity index (χ1) is 28.5. The highest BCUT2D eigenvalue weighted by molar-refractivity contribution is 6.59. The monoisotopic (exact) mass is 859 g/mol. The Morgan fingerprint density at radius 2 is 1.02 bits per heavy atom. The van der Waals surface area contributed by atoms with Crippen LogP contribution in [-0.4, -0.2) is 107 Å². The van der Waals surface area contributed by atoms with Crippen molar-refractivity contribution in [2.24, 2.45) is 0 Å². The van der Waals surface area contributed by atoms with E-state index in [1.807, 2.05) is 124 Å². The van der Waals surface area contributed by atoms with Crippen LogP contribution in [-0.2, 0) is 0 Å². The summed E-state index contributed by atoms with van der Waals surface area (Å²) in [5, 5.41) is 56.3. The van der Waals surface area contributed by atoms with Crippen molar-refractivity contribution >= 4 is 59.5 Å². The Labute approximate surface area is 374 Å². The molecule has 63 heavy (non-hydrogen) atoms. The van der Waals surface area contributed by atoms with Crippen molar-refractivity contribution in [3.8, 4) is 33.9 Å². The molecule has 0 fully saturated rings. The molecular weight excluding hydrogens is 794 g/mol. The Hall–Kier alpha value is -6.57. The smallest absolute Gasteiger partial charge is 0.488 e. The minimum Gasteiger partial charge on any atom is -0.508 e. The Kier molecular flexibility index (Phi) is 21.9. The van der Waals surface area contributed by atoms with Crippen LogP contribution in [0.1, 0.15) is 32.6 Å². The number of rotatable bonds is 7. The van der Waals surface area contributed by atoms with Gasteiger partial charge in [-0.05, 0) is 59.0 Å². The molecule has 14 heteroatoms. The van der Waals surface area contributed by atoms with E-state index in [0.29, 0.717) is 34.3 Å². The first-order valence-corrected chi connectivity index (χ1v) is 19.0. The highest BCUT2D eigenvalue weighted by Gasteiger charge is 2.19. The number of aldehydes is 1. The summed E-state index contributed by atoms with van der Waals surface area (Å²) in [4.78, 5) is 16.1. The van der Waals surface area contributed by atoms with E-state index in [4.69, 9.17) is 24.7 Å². The third-order valence-corrected chi connectivity index (χ3v) is 9.28. The van der Waals surface area contributed by atoms with Gasteiger partial charge in [-0.25, -0.2) is 4.58 Å². The number of phenolic OH excluding ortho intramolecular Hbond substituents is 2. The summed E-state index contributed by atoms with van der Waals surface area (Å²) in [6.45, 7) is 0. The molecule has 2 aliphatic rings. The average molecular weight is 860 g/mol. The van der Waals surface area contributed by atoms with Gasteiger partial charge in [0.05, 0.1) is 6.07 Å². The zero-order valence-corrected chi connectivity index (χ0v) is 35.2. The summed E-state index contributed by atoms with van der Waals surface area (Å²) >= 11 is 0. The van der Waals surface area contributed by atoms with E-state index in [-0.39, 0.29) is 22.3 Å². The van der Waals surface area contributed by atoms with E-state index >= 15 is 0 Å². The Balaban J connectivity index is 0.000000482. The Morgan fingerprint density at radius 3 is 1.41 bits per heavy atom. The maximum atomic E-state index is 10.2. The molecule has 5 aromatic rings. The van der Waals surface area contributed by atoms with Crippen LogP contribution in [0.2, 0.25) is 0 Å². The molecule has 0 atom stereocenters. The van der Waals surface area contributed by atoms with Gasteiger partial charge in [0, 0.05) is 106 Å². The molecule has 0 spiro atoms. The van der Waals surface area contributed by atoms with E-state index in [0.717, 1.165) is 55.8 Å². The predicted octanol–water partition coefficient (Wildman–Crippen LogP) is 5.99. The molecule has 0 amide bonds. The number of fused-ring (bicyclic) bond motifs is 2. The SMILES string of the molecule is C.C.C.CN(C)c1ccc2c(-c3ccc(B(O)O)cc3)c3ccc(=[N+](C)C)cc-3oc2c1.CN(C)c1cccc(O)c1.CN(C)c1cccc(O)c1.O=Cc1ccc(B(O)O)cc1. The minimum atomic E-state index is -1.48. The first-order valence-electron chi connectivity index (χ1n) is 19.0. The number of carbonyl (C=O) groups excluding carboxylic acids is 1. The number of phenols is 2. The number of benzene rings is 6. The predicted molar refractivity (Wildman–Crippen MR) is 266 cm³/mol. The summed E-state index contributed by atoms with van der Waals surface area (Å²) in [6.07, 6.45) is 0.702.